The monoisotopic (exact) mass is 257 g/mol. The Morgan fingerprint density at radius 1 is 1.32 bits per heavy atom. The molecule has 19 heavy (non-hydrogen) atoms. The second kappa shape index (κ2) is 6.32. The van der Waals surface area contributed by atoms with Gasteiger partial charge in [-0.25, -0.2) is 0 Å². The molecule has 0 aliphatic heterocycles. The zero-order valence-electron chi connectivity index (χ0n) is 11.4. The van der Waals surface area contributed by atoms with E-state index in [0.717, 1.165) is 35.7 Å². The fraction of sp³-hybridized carbons (Fsp3) is 0.375. The number of unbranched alkanes of at least 4 members (excludes halogenated alkanes) is 1. The van der Waals surface area contributed by atoms with Gasteiger partial charge in [-0.05, 0) is 18.1 Å². The van der Waals surface area contributed by atoms with E-state index in [2.05, 4.69) is 11.9 Å². The van der Waals surface area contributed by atoms with Gasteiger partial charge in [-0.3, -0.25) is 9.78 Å². The number of ether oxygens (including phenoxy) is 1. The summed E-state index contributed by atoms with van der Waals surface area (Å²) in [4.78, 5) is 16.4. The third kappa shape index (κ3) is 2.92. The molecule has 0 spiro atoms. The smallest absolute Gasteiger partial charge is 0.313 e. The van der Waals surface area contributed by atoms with E-state index in [-0.39, 0.29) is 11.9 Å². The van der Waals surface area contributed by atoms with E-state index >= 15 is 0 Å². The maximum Gasteiger partial charge on any atom is 0.313 e. The van der Waals surface area contributed by atoms with Crippen LogP contribution in [0.4, 0.5) is 0 Å². The molecule has 1 aromatic heterocycles. The fourth-order valence-corrected chi connectivity index (χ4v) is 2.36. The van der Waals surface area contributed by atoms with Crippen molar-refractivity contribution >= 4 is 16.9 Å². The van der Waals surface area contributed by atoms with Gasteiger partial charge in [0.1, 0.15) is 0 Å². The first kappa shape index (κ1) is 13.5. The third-order valence-corrected chi connectivity index (χ3v) is 3.37. The van der Waals surface area contributed by atoms with Crippen LogP contribution in [0.1, 0.15) is 37.7 Å². The number of fused-ring (bicyclic) bond motifs is 1. The molecule has 0 N–H and O–H groups in total. The summed E-state index contributed by atoms with van der Waals surface area (Å²) < 4.78 is 4.95. The Kier molecular flexibility index (Phi) is 4.50. The van der Waals surface area contributed by atoms with E-state index in [9.17, 15) is 4.79 Å². The lowest BCUT2D eigenvalue weighted by molar-refractivity contribution is -0.142. The van der Waals surface area contributed by atoms with Crippen molar-refractivity contribution in [2.24, 2.45) is 0 Å². The number of carbonyl (C=O) groups excluding carboxylic acids is 1. The average molecular weight is 257 g/mol. The van der Waals surface area contributed by atoms with Crippen LogP contribution in [0.3, 0.4) is 0 Å². The van der Waals surface area contributed by atoms with Crippen LogP contribution in [0.15, 0.2) is 36.5 Å². The van der Waals surface area contributed by atoms with Crippen molar-refractivity contribution in [3.63, 3.8) is 0 Å². The van der Waals surface area contributed by atoms with Gasteiger partial charge >= 0.3 is 5.97 Å². The van der Waals surface area contributed by atoms with Crippen molar-refractivity contribution in [3.8, 4) is 0 Å². The molecule has 0 fully saturated rings. The van der Waals surface area contributed by atoms with Crippen molar-refractivity contribution in [2.75, 3.05) is 7.11 Å². The summed E-state index contributed by atoms with van der Waals surface area (Å²) >= 11 is 0. The zero-order valence-corrected chi connectivity index (χ0v) is 11.4. The van der Waals surface area contributed by atoms with E-state index in [1.165, 1.54) is 7.11 Å². The number of hydrogen-bond donors (Lipinski definition) is 0. The lowest BCUT2D eigenvalue weighted by Gasteiger charge is -2.16. The molecule has 100 valence electrons. The molecule has 0 bridgehead atoms. The van der Waals surface area contributed by atoms with E-state index in [0.29, 0.717) is 0 Å². The van der Waals surface area contributed by atoms with Gasteiger partial charge in [0.05, 0.1) is 18.5 Å². The Bertz CT molecular complexity index is 560. The van der Waals surface area contributed by atoms with Crippen LogP contribution in [0.5, 0.6) is 0 Å². The molecule has 2 rings (SSSR count). The Balaban J connectivity index is 2.46. The number of rotatable bonds is 5. The molecule has 2 aromatic rings. The lowest BCUT2D eigenvalue weighted by Crippen LogP contribution is -2.15. The highest BCUT2D eigenvalue weighted by Gasteiger charge is 2.23. The summed E-state index contributed by atoms with van der Waals surface area (Å²) in [5.41, 5.74) is 1.87. The van der Waals surface area contributed by atoms with Crippen LogP contribution < -0.4 is 0 Å². The molecule has 0 amide bonds. The van der Waals surface area contributed by atoms with E-state index < -0.39 is 0 Å². The molecule has 1 atom stereocenters. The number of hydrogen-bond acceptors (Lipinski definition) is 3. The highest BCUT2D eigenvalue weighted by atomic mass is 16.5. The molecule has 0 aliphatic rings. The van der Waals surface area contributed by atoms with E-state index in [4.69, 9.17) is 4.74 Å². The predicted octanol–water partition coefficient (Wildman–Crippen LogP) is 3.68. The first-order chi connectivity index (χ1) is 9.27. The SMILES string of the molecule is CCCCC(C(=O)OC)c1cccc2cccnc12. The van der Waals surface area contributed by atoms with Crippen LogP contribution in [0, 0.1) is 0 Å². The highest BCUT2D eigenvalue weighted by molar-refractivity contribution is 5.88. The second-order valence-electron chi connectivity index (χ2n) is 4.64. The van der Waals surface area contributed by atoms with Crippen LogP contribution in [0.25, 0.3) is 10.9 Å². The van der Waals surface area contributed by atoms with Gasteiger partial charge < -0.3 is 4.74 Å². The highest BCUT2D eigenvalue weighted by Crippen LogP contribution is 2.28. The average Bonchev–Trinajstić information content (AvgIpc) is 2.47. The largest absolute Gasteiger partial charge is 0.469 e. The first-order valence-electron chi connectivity index (χ1n) is 6.69. The summed E-state index contributed by atoms with van der Waals surface area (Å²) in [6.07, 6.45) is 4.63. The number of carbonyl (C=O) groups is 1. The Morgan fingerprint density at radius 3 is 2.84 bits per heavy atom. The zero-order chi connectivity index (χ0) is 13.7. The molecule has 1 aromatic carbocycles. The Hall–Kier alpha value is -1.90. The fourth-order valence-electron chi connectivity index (χ4n) is 2.36. The number of methoxy groups -OCH3 is 1. The summed E-state index contributed by atoms with van der Waals surface area (Å²) in [5, 5.41) is 1.06. The van der Waals surface area contributed by atoms with Crippen molar-refractivity contribution in [1.29, 1.82) is 0 Å². The summed E-state index contributed by atoms with van der Waals surface area (Å²) in [6, 6.07) is 9.89. The van der Waals surface area contributed by atoms with Crippen molar-refractivity contribution in [1.82, 2.24) is 4.98 Å². The molecular weight excluding hydrogens is 238 g/mol. The van der Waals surface area contributed by atoms with Crippen LogP contribution in [-0.2, 0) is 9.53 Å². The molecule has 3 heteroatoms. The third-order valence-electron chi connectivity index (χ3n) is 3.37. The second-order valence-corrected chi connectivity index (χ2v) is 4.64. The van der Waals surface area contributed by atoms with Gasteiger partial charge in [-0.15, -0.1) is 0 Å². The van der Waals surface area contributed by atoms with Gasteiger partial charge in [0.15, 0.2) is 0 Å². The number of nitrogens with zero attached hydrogens (tertiary/aromatic N) is 1. The van der Waals surface area contributed by atoms with Crippen LogP contribution in [0.2, 0.25) is 0 Å². The Labute approximate surface area is 113 Å². The van der Waals surface area contributed by atoms with Gasteiger partial charge in [-0.2, -0.15) is 0 Å². The minimum Gasteiger partial charge on any atom is -0.469 e. The molecule has 0 saturated carbocycles. The molecule has 1 unspecified atom stereocenters. The molecule has 3 nitrogen and oxygen atoms in total. The predicted molar refractivity (Wildman–Crippen MR) is 76.0 cm³/mol. The van der Waals surface area contributed by atoms with Gasteiger partial charge in [0.25, 0.3) is 0 Å². The van der Waals surface area contributed by atoms with Crippen LogP contribution in [-0.4, -0.2) is 18.1 Å². The summed E-state index contributed by atoms with van der Waals surface area (Å²) in [7, 11) is 1.44. The normalized spacial score (nSPS) is 12.3. The quantitative estimate of drug-likeness (QED) is 0.767. The number of pyridine rings is 1. The Morgan fingerprint density at radius 2 is 2.11 bits per heavy atom. The van der Waals surface area contributed by atoms with E-state index in [1.807, 2.05) is 30.3 Å². The molecular formula is C16H19NO2. The maximum atomic E-state index is 12.0. The molecule has 0 radical (unpaired) electrons. The van der Waals surface area contributed by atoms with E-state index in [1.54, 1.807) is 6.20 Å². The standard InChI is InChI=1S/C16H19NO2/c1-3-4-9-14(16(18)19-2)13-10-5-7-12-8-6-11-17-15(12)13/h5-8,10-11,14H,3-4,9H2,1-2H3. The maximum absolute atomic E-state index is 12.0. The molecule has 0 aliphatic carbocycles. The number of para-hydroxylation sites is 1. The van der Waals surface area contributed by atoms with Crippen molar-refractivity contribution in [3.05, 3.63) is 42.1 Å². The molecule has 0 saturated heterocycles. The van der Waals surface area contributed by atoms with Crippen molar-refractivity contribution in [2.45, 2.75) is 32.1 Å². The van der Waals surface area contributed by atoms with Gasteiger partial charge in [0.2, 0.25) is 0 Å². The number of aromatic nitrogens is 1. The molecule has 1 heterocycles. The van der Waals surface area contributed by atoms with Gasteiger partial charge in [0, 0.05) is 11.6 Å². The topological polar surface area (TPSA) is 39.2 Å². The summed E-state index contributed by atoms with van der Waals surface area (Å²) in [6.45, 7) is 2.12. The first-order valence-corrected chi connectivity index (χ1v) is 6.69. The lowest BCUT2D eigenvalue weighted by atomic mass is 9.91. The van der Waals surface area contributed by atoms with Crippen molar-refractivity contribution < 1.29 is 9.53 Å². The number of esters is 1. The minimum absolute atomic E-state index is 0.174. The minimum atomic E-state index is -0.219. The van der Waals surface area contributed by atoms with Gasteiger partial charge in [-0.1, -0.05) is 44.0 Å². The summed E-state index contributed by atoms with van der Waals surface area (Å²) in [5.74, 6) is -0.393. The van der Waals surface area contributed by atoms with Crippen LogP contribution >= 0.6 is 0 Å². The number of benzene rings is 1.